The number of benzene rings is 2. The summed E-state index contributed by atoms with van der Waals surface area (Å²) >= 11 is 0. The van der Waals surface area contributed by atoms with Crippen LogP contribution in [0.1, 0.15) is 34.6 Å². The quantitative estimate of drug-likeness (QED) is 0.210. The van der Waals surface area contributed by atoms with Crippen molar-refractivity contribution in [2.75, 3.05) is 40.9 Å². The molecule has 0 bridgehead atoms. The molecule has 0 spiro atoms. The van der Waals surface area contributed by atoms with Crippen LogP contribution in [0.4, 0.5) is 31.9 Å². The van der Waals surface area contributed by atoms with Crippen LogP contribution in [0.2, 0.25) is 0 Å². The number of rotatable bonds is 9. The highest BCUT2D eigenvalue weighted by Gasteiger charge is 2.24. The summed E-state index contributed by atoms with van der Waals surface area (Å²) in [6.07, 6.45) is 3.27. The van der Waals surface area contributed by atoms with Crippen LogP contribution < -0.4 is 27.0 Å². The summed E-state index contributed by atoms with van der Waals surface area (Å²) in [6.45, 7) is 1.85. The number of amides is 1. The highest BCUT2D eigenvalue weighted by molar-refractivity contribution is 6.04. The molecule has 5 rings (SSSR count). The van der Waals surface area contributed by atoms with Crippen molar-refractivity contribution in [2.45, 2.75) is 26.1 Å². The van der Waals surface area contributed by atoms with Gasteiger partial charge in [-0.25, -0.2) is 18.7 Å². The maximum atomic E-state index is 14.9. The van der Waals surface area contributed by atoms with Crippen molar-refractivity contribution in [1.82, 2.24) is 19.9 Å². The predicted octanol–water partition coefficient (Wildman–Crippen LogP) is 4.10. The molecule has 1 aliphatic rings. The zero-order chi connectivity index (χ0) is 28.1. The third-order valence-electron chi connectivity index (χ3n) is 6.95. The van der Waals surface area contributed by atoms with Gasteiger partial charge in [0.2, 0.25) is 5.95 Å². The number of hydrogen-bond acceptors (Lipinski definition) is 8. The Morgan fingerprint density at radius 2 is 1.80 bits per heavy atom. The molecule has 0 unspecified atom stereocenters. The van der Waals surface area contributed by atoms with Crippen LogP contribution in [-0.2, 0) is 13.2 Å². The molecule has 1 fully saturated rings. The molecule has 1 saturated heterocycles. The van der Waals surface area contributed by atoms with Crippen LogP contribution >= 0.6 is 0 Å². The van der Waals surface area contributed by atoms with Gasteiger partial charge in [0, 0.05) is 31.9 Å². The van der Waals surface area contributed by atoms with E-state index >= 15 is 0 Å². The molecule has 208 valence electrons. The van der Waals surface area contributed by atoms with Gasteiger partial charge in [-0.2, -0.15) is 4.98 Å². The SMILES string of the molecule is NCC1CCN(c2c(F)cccc2NC(=O)c2nc(-c3cc(NCc4ccc(CF)cc4)nc(N)n3)c[nH]2)CC1. The third kappa shape index (κ3) is 6.18. The van der Waals surface area contributed by atoms with Crippen molar-refractivity contribution in [3.05, 3.63) is 77.5 Å². The molecule has 7 N–H and O–H groups in total. The maximum Gasteiger partial charge on any atom is 0.291 e. The van der Waals surface area contributed by atoms with Gasteiger partial charge in [-0.1, -0.05) is 30.3 Å². The second-order valence-corrected chi connectivity index (χ2v) is 9.69. The molecule has 4 aromatic rings. The Balaban J connectivity index is 1.29. The van der Waals surface area contributed by atoms with E-state index < -0.39 is 18.4 Å². The number of anilines is 4. The number of hydrogen-bond donors (Lipinski definition) is 5. The van der Waals surface area contributed by atoms with Crippen LogP contribution in [0.25, 0.3) is 11.4 Å². The lowest BCUT2D eigenvalue weighted by molar-refractivity contribution is 0.101. The average molecular weight is 548 g/mol. The second-order valence-electron chi connectivity index (χ2n) is 9.69. The monoisotopic (exact) mass is 547 g/mol. The number of nitrogens with two attached hydrogens (primary N) is 2. The van der Waals surface area contributed by atoms with Crippen molar-refractivity contribution in [3.8, 4) is 11.4 Å². The zero-order valence-corrected chi connectivity index (χ0v) is 21.8. The molecule has 2 aromatic heterocycles. The van der Waals surface area contributed by atoms with E-state index in [0.717, 1.165) is 18.4 Å². The fourth-order valence-corrected chi connectivity index (χ4v) is 4.71. The molecule has 2 aromatic carbocycles. The first-order chi connectivity index (χ1) is 19.4. The molecule has 1 amide bonds. The number of piperidine rings is 1. The Hall–Kier alpha value is -4.58. The van der Waals surface area contributed by atoms with Crippen LogP contribution in [0.15, 0.2) is 54.7 Å². The fourth-order valence-electron chi connectivity index (χ4n) is 4.71. The number of nitrogens with zero attached hydrogens (tertiary/aromatic N) is 4. The van der Waals surface area contributed by atoms with Gasteiger partial charge in [-0.05, 0) is 48.6 Å². The van der Waals surface area contributed by atoms with E-state index in [1.807, 2.05) is 17.0 Å². The van der Waals surface area contributed by atoms with Crippen molar-refractivity contribution < 1.29 is 13.6 Å². The molecule has 40 heavy (non-hydrogen) atoms. The number of aromatic nitrogens is 4. The van der Waals surface area contributed by atoms with Gasteiger partial charge in [0.05, 0.1) is 17.1 Å². The highest BCUT2D eigenvalue weighted by Crippen LogP contribution is 2.33. The van der Waals surface area contributed by atoms with Crippen LogP contribution in [0.3, 0.4) is 0 Å². The minimum Gasteiger partial charge on any atom is -0.368 e. The van der Waals surface area contributed by atoms with Gasteiger partial charge in [0.25, 0.3) is 5.91 Å². The molecule has 0 radical (unpaired) electrons. The minimum atomic E-state index is -0.521. The maximum absolute atomic E-state index is 14.9. The molecule has 0 atom stereocenters. The fraction of sp³-hybridized carbons (Fsp3) is 0.286. The molecular weight excluding hydrogens is 516 g/mol. The first-order valence-corrected chi connectivity index (χ1v) is 13.1. The van der Waals surface area contributed by atoms with E-state index in [-0.39, 0.29) is 11.8 Å². The number of halogens is 2. The van der Waals surface area contributed by atoms with E-state index in [1.54, 1.807) is 36.5 Å². The summed E-state index contributed by atoms with van der Waals surface area (Å²) in [5.74, 6) is 0.0271. The number of alkyl halides is 1. The lowest BCUT2D eigenvalue weighted by Crippen LogP contribution is -2.37. The van der Waals surface area contributed by atoms with Gasteiger partial charge in [0.15, 0.2) is 5.82 Å². The molecular formula is C28H31F2N9O. The summed E-state index contributed by atoms with van der Waals surface area (Å²) < 4.78 is 27.6. The Labute approximate surface area is 230 Å². The van der Waals surface area contributed by atoms with Gasteiger partial charge >= 0.3 is 0 Å². The average Bonchev–Trinajstić information content (AvgIpc) is 3.47. The van der Waals surface area contributed by atoms with Gasteiger partial charge in [0.1, 0.15) is 24.0 Å². The number of aromatic amines is 1. The van der Waals surface area contributed by atoms with E-state index in [1.165, 1.54) is 6.07 Å². The highest BCUT2D eigenvalue weighted by atomic mass is 19.1. The summed E-state index contributed by atoms with van der Waals surface area (Å²) in [5, 5.41) is 5.96. The zero-order valence-electron chi connectivity index (χ0n) is 21.8. The summed E-state index contributed by atoms with van der Waals surface area (Å²) in [4.78, 5) is 30.7. The number of carbonyl (C=O) groups excluding carboxylic acids is 1. The van der Waals surface area contributed by atoms with Crippen molar-refractivity contribution in [1.29, 1.82) is 0 Å². The molecule has 12 heteroatoms. The first-order valence-electron chi connectivity index (χ1n) is 13.1. The third-order valence-corrected chi connectivity index (χ3v) is 6.95. The van der Waals surface area contributed by atoms with Crippen molar-refractivity contribution in [2.24, 2.45) is 11.7 Å². The molecule has 1 aliphatic heterocycles. The van der Waals surface area contributed by atoms with Crippen LogP contribution in [-0.4, -0.2) is 45.5 Å². The van der Waals surface area contributed by atoms with E-state index in [2.05, 4.69) is 30.6 Å². The number of nitrogens with one attached hydrogen (secondary N) is 3. The normalized spacial score (nSPS) is 13.8. The summed E-state index contributed by atoms with van der Waals surface area (Å²) in [5.41, 5.74) is 14.8. The molecule has 3 heterocycles. The largest absolute Gasteiger partial charge is 0.368 e. The number of para-hydroxylation sites is 1. The lowest BCUT2D eigenvalue weighted by atomic mass is 9.96. The van der Waals surface area contributed by atoms with Crippen molar-refractivity contribution >= 4 is 29.0 Å². The summed E-state index contributed by atoms with van der Waals surface area (Å²) in [6, 6.07) is 13.4. The number of imidazole rings is 1. The van der Waals surface area contributed by atoms with Crippen LogP contribution in [0.5, 0.6) is 0 Å². The van der Waals surface area contributed by atoms with Crippen molar-refractivity contribution in [3.63, 3.8) is 0 Å². The van der Waals surface area contributed by atoms with Gasteiger partial charge in [-0.3, -0.25) is 4.79 Å². The minimum absolute atomic E-state index is 0.0320. The number of carbonyl (C=O) groups is 1. The van der Waals surface area contributed by atoms with Crippen LogP contribution in [0, 0.1) is 11.7 Å². The van der Waals surface area contributed by atoms with E-state index in [0.29, 0.717) is 66.2 Å². The summed E-state index contributed by atoms with van der Waals surface area (Å²) in [7, 11) is 0. The Morgan fingerprint density at radius 1 is 1.05 bits per heavy atom. The molecule has 10 nitrogen and oxygen atoms in total. The standard InChI is InChI=1S/C28H31F2N9O/c29-13-17-4-6-19(7-5-17)15-33-24-12-22(37-28(32)38-24)23-16-34-26(35-23)27(40)36-21-3-1-2-20(30)25(21)39-10-8-18(14-31)9-11-39/h1-7,12,16,18H,8-11,13-15,31H2,(H,34,35)(H,36,40)(H3,32,33,37,38). The number of H-pyrrole nitrogens is 1. The van der Waals surface area contributed by atoms with E-state index in [9.17, 15) is 13.6 Å². The van der Waals surface area contributed by atoms with Gasteiger partial charge < -0.3 is 32.0 Å². The lowest BCUT2D eigenvalue weighted by Gasteiger charge is -2.34. The second kappa shape index (κ2) is 12.1. The van der Waals surface area contributed by atoms with Gasteiger partial charge in [-0.15, -0.1) is 0 Å². The number of nitrogen functional groups attached to an aromatic ring is 1. The topological polar surface area (TPSA) is 151 Å². The van der Waals surface area contributed by atoms with E-state index in [4.69, 9.17) is 11.5 Å². The Bertz CT molecular complexity index is 1470. The first kappa shape index (κ1) is 27.0. The smallest absolute Gasteiger partial charge is 0.291 e. The Morgan fingerprint density at radius 3 is 2.52 bits per heavy atom. The molecule has 0 aliphatic carbocycles. The predicted molar refractivity (Wildman–Crippen MR) is 151 cm³/mol. The molecule has 0 saturated carbocycles. The Kier molecular flexibility index (Phi) is 8.15.